The molecule has 0 unspecified atom stereocenters. The van der Waals surface area contributed by atoms with Gasteiger partial charge in [0.2, 0.25) is 5.91 Å². The van der Waals surface area contributed by atoms with E-state index in [4.69, 9.17) is 0 Å². The first-order valence-corrected chi connectivity index (χ1v) is 8.87. The summed E-state index contributed by atoms with van der Waals surface area (Å²) in [5.74, 6) is 0.431. The maximum atomic E-state index is 12.3. The largest absolute Gasteiger partial charge is 0.309 e. The number of aryl methyl sites for hydroxylation is 1. The standard InChI is InChI=1S/C20H19N7O/c1-15-4-2-3-5-17(15)13-26-11-10-19(23-26)22-20(28)12-16-6-8-18(9-7-16)27-14-21-24-25-27/h2-11,14H,12-13H2,1H3,(H,22,23,28). The van der Waals surface area contributed by atoms with Crippen LogP contribution in [0.15, 0.2) is 67.1 Å². The van der Waals surface area contributed by atoms with Crippen LogP contribution in [0.1, 0.15) is 16.7 Å². The van der Waals surface area contributed by atoms with Crippen molar-refractivity contribution < 1.29 is 4.79 Å². The fraction of sp³-hybridized carbons (Fsp3) is 0.150. The zero-order valence-corrected chi connectivity index (χ0v) is 15.4. The van der Waals surface area contributed by atoms with Crippen molar-refractivity contribution in [1.29, 1.82) is 0 Å². The molecule has 0 saturated carbocycles. The highest BCUT2D eigenvalue weighted by molar-refractivity contribution is 5.91. The minimum Gasteiger partial charge on any atom is -0.309 e. The Bertz CT molecular complexity index is 1070. The van der Waals surface area contributed by atoms with Crippen molar-refractivity contribution in [3.63, 3.8) is 0 Å². The summed E-state index contributed by atoms with van der Waals surface area (Å²) < 4.78 is 3.38. The summed E-state index contributed by atoms with van der Waals surface area (Å²) in [5.41, 5.74) is 4.15. The molecule has 1 amide bonds. The van der Waals surface area contributed by atoms with E-state index in [2.05, 4.69) is 45.0 Å². The molecule has 28 heavy (non-hydrogen) atoms. The Morgan fingerprint density at radius 1 is 1.07 bits per heavy atom. The van der Waals surface area contributed by atoms with Gasteiger partial charge in [-0.2, -0.15) is 5.10 Å². The number of carbonyl (C=O) groups excluding carboxylic acids is 1. The van der Waals surface area contributed by atoms with Gasteiger partial charge in [-0.15, -0.1) is 5.10 Å². The van der Waals surface area contributed by atoms with Crippen LogP contribution in [0.4, 0.5) is 5.82 Å². The van der Waals surface area contributed by atoms with E-state index in [1.165, 1.54) is 17.5 Å². The summed E-state index contributed by atoms with van der Waals surface area (Å²) in [6, 6.07) is 17.5. The Morgan fingerprint density at radius 3 is 2.64 bits per heavy atom. The highest BCUT2D eigenvalue weighted by Gasteiger charge is 2.08. The molecule has 0 atom stereocenters. The molecule has 0 aliphatic carbocycles. The molecule has 0 bridgehead atoms. The van der Waals surface area contributed by atoms with Crippen molar-refractivity contribution in [1.82, 2.24) is 30.0 Å². The average Bonchev–Trinajstić information content (AvgIpc) is 3.37. The summed E-state index contributed by atoms with van der Waals surface area (Å²) in [7, 11) is 0. The zero-order chi connectivity index (χ0) is 19.3. The maximum Gasteiger partial charge on any atom is 0.229 e. The maximum absolute atomic E-state index is 12.3. The number of anilines is 1. The monoisotopic (exact) mass is 373 g/mol. The third-order valence-corrected chi connectivity index (χ3v) is 4.42. The van der Waals surface area contributed by atoms with Gasteiger partial charge in [0.15, 0.2) is 5.82 Å². The second-order valence-corrected chi connectivity index (χ2v) is 6.47. The molecule has 1 N–H and O–H groups in total. The van der Waals surface area contributed by atoms with Crippen LogP contribution < -0.4 is 5.32 Å². The van der Waals surface area contributed by atoms with Gasteiger partial charge in [-0.05, 0) is 46.2 Å². The predicted molar refractivity (Wildman–Crippen MR) is 104 cm³/mol. The van der Waals surface area contributed by atoms with Crippen molar-refractivity contribution in [3.05, 3.63) is 83.8 Å². The number of benzene rings is 2. The van der Waals surface area contributed by atoms with Gasteiger partial charge in [0.05, 0.1) is 18.7 Å². The smallest absolute Gasteiger partial charge is 0.229 e. The van der Waals surface area contributed by atoms with E-state index in [9.17, 15) is 4.79 Å². The molecule has 0 aliphatic rings. The summed E-state index contributed by atoms with van der Waals surface area (Å²) in [4.78, 5) is 12.3. The lowest BCUT2D eigenvalue weighted by molar-refractivity contribution is -0.115. The van der Waals surface area contributed by atoms with Crippen LogP contribution in [0.25, 0.3) is 5.69 Å². The molecule has 2 aromatic carbocycles. The number of nitrogens with one attached hydrogen (secondary N) is 1. The number of hydrogen-bond acceptors (Lipinski definition) is 5. The quantitative estimate of drug-likeness (QED) is 0.560. The average molecular weight is 373 g/mol. The minimum absolute atomic E-state index is 0.115. The van der Waals surface area contributed by atoms with Gasteiger partial charge in [-0.25, -0.2) is 4.68 Å². The van der Waals surface area contributed by atoms with Crippen LogP contribution >= 0.6 is 0 Å². The lowest BCUT2D eigenvalue weighted by atomic mass is 10.1. The van der Waals surface area contributed by atoms with Crippen molar-refractivity contribution in [2.75, 3.05) is 5.32 Å². The number of amides is 1. The molecule has 2 heterocycles. The number of hydrogen-bond donors (Lipinski definition) is 1. The fourth-order valence-corrected chi connectivity index (χ4v) is 2.90. The van der Waals surface area contributed by atoms with Crippen LogP contribution in [0.2, 0.25) is 0 Å². The molecule has 8 heteroatoms. The van der Waals surface area contributed by atoms with Crippen molar-refractivity contribution in [2.45, 2.75) is 19.9 Å². The molecule has 2 aromatic heterocycles. The molecule has 140 valence electrons. The third-order valence-electron chi connectivity index (χ3n) is 4.42. The van der Waals surface area contributed by atoms with Crippen LogP contribution in [0.3, 0.4) is 0 Å². The number of tetrazole rings is 1. The lowest BCUT2D eigenvalue weighted by Crippen LogP contribution is -2.15. The normalized spacial score (nSPS) is 10.8. The van der Waals surface area contributed by atoms with Crippen LogP contribution in [-0.2, 0) is 17.8 Å². The third kappa shape index (κ3) is 4.12. The first-order valence-electron chi connectivity index (χ1n) is 8.87. The van der Waals surface area contributed by atoms with Gasteiger partial charge in [0, 0.05) is 12.3 Å². The Morgan fingerprint density at radius 2 is 1.89 bits per heavy atom. The number of nitrogens with zero attached hydrogens (tertiary/aromatic N) is 6. The van der Waals surface area contributed by atoms with Gasteiger partial charge in [0.1, 0.15) is 6.33 Å². The van der Waals surface area contributed by atoms with Crippen molar-refractivity contribution in [2.24, 2.45) is 0 Å². The summed E-state index contributed by atoms with van der Waals surface area (Å²) in [6.45, 7) is 2.74. The first-order chi connectivity index (χ1) is 13.7. The summed E-state index contributed by atoms with van der Waals surface area (Å²) in [5, 5.41) is 18.3. The molecule has 0 radical (unpaired) electrons. The molecule has 0 fully saturated rings. The van der Waals surface area contributed by atoms with Gasteiger partial charge >= 0.3 is 0 Å². The van der Waals surface area contributed by atoms with Gasteiger partial charge in [-0.3, -0.25) is 9.48 Å². The van der Waals surface area contributed by atoms with E-state index in [0.717, 1.165) is 11.3 Å². The fourth-order valence-electron chi connectivity index (χ4n) is 2.90. The Labute approximate surface area is 161 Å². The molecule has 0 aliphatic heterocycles. The number of rotatable bonds is 6. The highest BCUT2D eigenvalue weighted by Crippen LogP contribution is 2.12. The Kier molecular flexibility index (Phi) is 4.92. The van der Waals surface area contributed by atoms with Gasteiger partial charge in [0.25, 0.3) is 0 Å². The number of carbonyl (C=O) groups is 1. The second-order valence-electron chi connectivity index (χ2n) is 6.47. The van der Waals surface area contributed by atoms with Crippen LogP contribution in [0, 0.1) is 6.92 Å². The molecule has 0 spiro atoms. The highest BCUT2D eigenvalue weighted by atomic mass is 16.1. The predicted octanol–water partition coefficient (Wildman–Crippen LogP) is 2.40. The van der Waals surface area contributed by atoms with Crippen LogP contribution in [-0.4, -0.2) is 35.9 Å². The lowest BCUT2D eigenvalue weighted by Gasteiger charge is -2.06. The number of aromatic nitrogens is 6. The first kappa shape index (κ1) is 17.6. The van der Waals surface area contributed by atoms with E-state index in [1.54, 1.807) is 10.7 Å². The van der Waals surface area contributed by atoms with Gasteiger partial charge < -0.3 is 5.32 Å². The molecular formula is C20H19N7O. The van der Waals surface area contributed by atoms with Crippen LogP contribution in [0.5, 0.6) is 0 Å². The molecule has 8 nitrogen and oxygen atoms in total. The summed E-state index contributed by atoms with van der Waals surface area (Å²) in [6.07, 6.45) is 3.65. The van der Waals surface area contributed by atoms with Crippen molar-refractivity contribution in [3.8, 4) is 5.69 Å². The van der Waals surface area contributed by atoms with E-state index in [1.807, 2.05) is 47.3 Å². The Balaban J connectivity index is 1.35. The Hall–Kier alpha value is -3.81. The SMILES string of the molecule is Cc1ccccc1Cn1ccc(NC(=O)Cc2ccc(-n3cnnn3)cc2)n1. The van der Waals surface area contributed by atoms with Gasteiger partial charge in [-0.1, -0.05) is 36.4 Å². The minimum atomic E-state index is -0.115. The summed E-state index contributed by atoms with van der Waals surface area (Å²) >= 11 is 0. The molecule has 4 aromatic rings. The van der Waals surface area contributed by atoms with Crippen molar-refractivity contribution >= 4 is 11.7 Å². The second kappa shape index (κ2) is 7.83. The van der Waals surface area contributed by atoms with E-state index >= 15 is 0 Å². The van der Waals surface area contributed by atoms with E-state index < -0.39 is 0 Å². The molecular weight excluding hydrogens is 354 g/mol. The zero-order valence-electron chi connectivity index (χ0n) is 15.4. The molecule has 4 rings (SSSR count). The van der Waals surface area contributed by atoms with E-state index in [-0.39, 0.29) is 12.3 Å². The topological polar surface area (TPSA) is 90.5 Å². The van der Waals surface area contributed by atoms with E-state index in [0.29, 0.717) is 12.4 Å². The molecule has 0 saturated heterocycles.